The number of para-hydroxylation sites is 2. The molecule has 222 valence electrons. The molecule has 0 saturated heterocycles. The van der Waals surface area contributed by atoms with Crippen LogP contribution in [0.25, 0.3) is 66.6 Å². The topological polar surface area (TPSA) is 4.41 Å². The first kappa shape index (κ1) is 25.8. The molecule has 3 aliphatic carbocycles. The number of benzene rings is 6. The van der Waals surface area contributed by atoms with Gasteiger partial charge < -0.3 is 4.40 Å². The molecule has 3 unspecified atom stereocenters. The van der Waals surface area contributed by atoms with Gasteiger partial charge in [0.25, 0.3) is 0 Å². The number of rotatable bonds is 2. The Labute approximate surface area is 274 Å². The average Bonchev–Trinajstić information content (AvgIpc) is 3.62. The van der Waals surface area contributed by atoms with E-state index in [0.717, 1.165) is 12.8 Å². The van der Waals surface area contributed by atoms with Crippen LogP contribution in [-0.2, 0) is 12.8 Å². The molecule has 0 N–H and O–H groups in total. The molecule has 2 aromatic heterocycles. The fourth-order valence-electron chi connectivity index (χ4n) is 9.74. The molecule has 0 saturated carbocycles. The monoisotopic (exact) mass is 599 g/mol. The summed E-state index contributed by atoms with van der Waals surface area (Å²) in [7, 11) is 0. The van der Waals surface area contributed by atoms with Crippen LogP contribution >= 0.6 is 0 Å². The molecule has 47 heavy (non-hydrogen) atoms. The zero-order valence-corrected chi connectivity index (χ0v) is 26.4. The van der Waals surface area contributed by atoms with E-state index in [9.17, 15) is 0 Å². The van der Waals surface area contributed by atoms with Crippen LogP contribution in [0.1, 0.15) is 58.2 Å². The predicted molar refractivity (Wildman–Crippen MR) is 197 cm³/mol. The summed E-state index contributed by atoms with van der Waals surface area (Å²) in [6.07, 6.45) is 7.04. The molecule has 0 fully saturated rings. The minimum Gasteiger partial charge on any atom is -0.312 e. The Morgan fingerprint density at radius 1 is 0.574 bits per heavy atom. The molecule has 3 aliphatic rings. The first-order valence-electron chi connectivity index (χ1n) is 17.1. The third-order valence-corrected chi connectivity index (χ3v) is 11.8. The summed E-state index contributed by atoms with van der Waals surface area (Å²) in [5, 5.41) is 4.09. The molecule has 0 spiro atoms. The van der Waals surface area contributed by atoms with Crippen molar-refractivity contribution >= 4 is 33.3 Å². The van der Waals surface area contributed by atoms with E-state index in [1.165, 1.54) is 88.5 Å². The Kier molecular flexibility index (Phi) is 5.11. The summed E-state index contributed by atoms with van der Waals surface area (Å²) < 4.78 is 2.58. The van der Waals surface area contributed by atoms with E-state index in [4.69, 9.17) is 0 Å². The third-order valence-electron chi connectivity index (χ3n) is 11.8. The third kappa shape index (κ3) is 3.39. The first-order valence-corrected chi connectivity index (χ1v) is 17.1. The van der Waals surface area contributed by atoms with Crippen LogP contribution in [0, 0.1) is 0 Å². The molecule has 1 heteroatoms. The van der Waals surface area contributed by atoms with Crippen LogP contribution in [-0.4, -0.2) is 4.40 Å². The van der Waals surface area contributed by atoms with Gasteiger partial charge in [0.15, 0.2) is 0 Å². The Morgan fingerprint density at radius 3 is 2.23 bits per heavy atom. The van der Waals surface area contributed by atoms with Crippen molar-refractivity contribution < 1.29 is 0 Å². The Morgan fingerprint density at radius 2 is 1.32 bits per heavy atom. The number of fused-ring (bicyclic) bond motifs is 12. The average molecular weight is 600 g/mol. The second kappa shape index (κ2) is 9.33. The van der Waals surface area contributed by atoms with Crippen molar-refractivity contribution in [3.05, 3.63) is 167 Å². The minimum atomic E-state index is 0.322. The van der Waals surface area contributed by atoms with E-state index < -0.39 is 0 Å². The fourth-order valence-corrected chi connectivity index (χ4v) is 9.74. The summed E-state index contributed by atoms with van der Waals surface area (Å²) in [6.45, 7) is 2.50. The highest BCUT2D eigenvalue weighted by molar-refractivity contribution is 6.16. The van der Waals surface area contributed by atoms with Crippen LogP contribution in [0.4, 0.5) is 0 Å². The maximum absolute atomic E-state index is 2.58. The molecule has 8 aromatic rings. The van der Waals surface area contributed by atoms with Gasteiger partial charge in [-0.05, 0) is 92.4 Å². The van der Waals surface area contributed by atoms with Gasteiger partial charge in [0.05, 0.1) is 11.0 Å². The predicted octanol–water partition coefficient (Wildman–Crippen LogP) is 11.8. The van der Waals surface area contributed by atoms with Crippen molar-refractivity contribution in [1.29, 1.82) is 0 Å². The summed E-state index contributed by atoms with van der Waals surface area (Å²) in [5.74, 6) is 1.16. The van der Waals surface area contributed by atoms with Gasteiger partial charge >= 0.3 is 0 Å². The molecule has 3 atom stereocenters. The van der Waals surface area contributed by atoms with E-state index >= 15 is 0 Å². The molecule has 2 heterocycles. The van der Waals surface area contributed by atoms with E-state index in [1.54, 1.807) is 5.56 Å². The highest BCUT2D eigenvalue weighted by Crippen LogP contribution is 2.55. The maximum atomic E-state index is 2.58. The van der Waals surface area contributed by atoms with Crippen molar-refractivity contribution in [3.8, 4) is 33.4 Å². The smallest absolute Gasteiger partial charge is 0.0617 e. The molecule has 0 radical (unpaired) electrons. The van der Waals surface area contributed by atoms with Crippen LogP contribution in [0.2, 0.25) is 0 Å². The number of aromatic nitrogens is 1. The highest BCUT2D eigenvalue weighted by Gasteiger charge is 2.37. The van der Waals surface area contributed by atoms with Crippen LogP contribution in [0.5, 0.6) is 0 Å². The quantitative estimate of drug-likeness (QED) is 0.186. The van der Waals surface area contributed by atoms with Crippen molar-refractivity contribution in [2.75, 3.05) is 0 Å². The Hall–Kier alpha value is -5.40. The molecule has 0 aliphatic heterocycles. The lowest BCUT2D eigenvalue weighted by Gasteiger charge is -2.32. The van der Waals surface area contributed by atoms with Gasteiger partial charge in [-0.25, -0.2) is 0 Å². The van der Waals surface area contributed by atoms with E-state index in [1.807, 2.05) is 0 Å². The van der Waals surface area contributed by atoms with Gasteiger partial charge in [-0.15, -0.1) is 0 Å². The SMILES string of the molecule is CC1c2c(cccc2C2C=Cc3c(n4c5ccccc5c5cccc3c54)C2)-c2cccc3c2CC1c1ccc(-c2ccccc2)cc1-3. The van der Waals surface area contributed by atoms with Crippen molar-refractivity contribution in [2.45, 2.75) is 37.5 Å². The number of hydrogen-bond acceptors (Lipinski definition) is 0. The molecule has 6 aromatic carbocycles. The molecule has 1 nitrogen and oxygen atoms in total. The summed E-state index contributed by atoms with van der Waals surface area (Å²) in [5.41, 5.74) is 19.9. The largest absolute Gasteiger partial charge is 0.312 e. The van der Waals surface area contributed by atoms with Gasteiger partial charge in [-0.1, -0.05) is 134 Å². The number of hydrogen-bond donors (Lipinski definition) is 0. The summed E-state index contributed by atoms with van der Waals surface area (Å²) in [4.78, 5) is 0. The second-order valence-electron chi connectivity index (χ2n) is 14.0. The standard InChI is InChI=1S/C46H33N/c1-27-40-26-42-32(14-8-15-33(42)41-24-29(20-22-34(40)41)28-10-3-2-4-11-28)37-16-7-13-31(45(27)37)30-21-23-36-39-18-9-17-38-35-12-5-6-19-43(35)47(46(38)39)44(36)25-30/h2-24,27,30,40H,25-26H2,1H3. The zero-order valence-electron chi connectivity index (χ0n) is 26.4. The molecule has 2 bridgehead atoms. The lowest BCUT2D eigenvalue weighted by atomic mass is 9.71. The van der Waals surface area contributed by atoms with E-state index in [-0.39, 0.29) is 0 Å². The van der Waals surface area contributed by atoms with E-state index in [2.05, 4.69) is 151 Å². The van der Waals surface area contributed by atoms with Crippen molar-refractivity contribution in [1.82, 2.24) is 4.40 Å². The molecular weight excluding hydrogens is 567 g/mol. The van der Waals surface area contributed by atoms with Gasteiger partial charge in [-0.3, -0.25) is 0 Å². The second-order valence-corrected chi connectivity index (χ2v) is 14.0. The van der Waals surface area contributed by atoms with Crippen LogP contribution < -0.4 is 0 Å². The number of allylic oxidation sites excluding steroid dienone is 1. The first-order chi connectivity index (χ1) is 23.2. The van der Waals surface area contributed by atoms with Gasteiger partial charge in [0.2, 0.25) is 0 Å². The van der Waals surface area contributed by atoms with Gasteiger partial charge in [0.1, 0.15) is 0 Å². The molecule has 0 amide bonds. The molecular formula is C46H33N. The lowest BCUT2D eigenvalue weighted by Crippen LogP contribution is -2.17. The highest BCUT2D eigenvalue weighted by atomic mass is 14.9. The van der Waals surface area contributed by atoms with Gasteiger partial charge in [-0.2, -0.15) is 0 Å². The van der Waals surface area contributed by atoms with Crippen molar-refractivity contribution in [2.24, 2.45) is 0 Å². The lowest BCUT2D eigenvalue weighted by molar-refractivity contribution is 0.568. The van der Waals surface area contributed by atoms with E-state index in [0.29, 0.717) is 17.8 Å². The van der Waals surface area contributed by atoms with Crippen LogP contribution in [0.3, 0.4) is 0 Å². The summed E-state index contributed by atoms with van der Waals surface area (Å²) >= 11 is 0. The summed E-state index contributed by atoms with van der Waals surface area (Å²) in [6, 6.07) is 48.1. The Bertz CT molecular complexity index is 2600. The Balaban J connectivity index is 1.09. The normalized spacial score (nSPS) is 19.1. The zero-order chi connectivity index (χ0) is 30.8. The molecule has 11 rings (SSSR count). The maximum Gasteiger partial charge on any atom is 0.0617 e. The van der Waals surface area contributed by atoms with Crippen LogP contribution in [0.15, 0.2) is 133 Å². The van der Waals surface area contributed by atoms with Gasteiger partial charge in [0, 0.05) is 33.3 Å². The fraction of sp³-hybridized carbons (Fsp3) is 0.130. The van der Waals surface area contributed by atoms with Crippen molar-refractivity contribution in [3.63, 3.8) is 0 Å². The minimum absolute atomic E-state index is 0.322. The number of nitrogens with zero attached hydrogens (tertiary/aromatic N) is 1.